The third-order valence-electron chi connectivity index (χ3n) is 1.66. The van der Waals surface area contributed by atoms with Crippen LogP contribution in [0.2, 0.25) is 0 Å². The van der Waals surface area contributed by atoms with Gasteiger partial charge < -0.3 is 0 Å². The molecule has 0 radical (unpaired) electrons. The maximum absolute atomic E-state index is 11.8. The Morgan fingerprint density at radius 3 is 1.40 bits per heavy atom. The van der Waals surface area contributed by atoms with Gasteiger partial charge in [0.2, 0.25) is 7.44 Å². The van der Waals surface area contributed by atoms with Gasteiger partial charge in [0.05, 0.1) is 0 Å². The van der Waals surface area contributed by atoms with Crippen LogP contribution in [0.5, 0.6) is 0 Å². The topological polar surface area (TPSA) is 23.6 Å². The standard InChI is InChI=1S/C6H17N2OP/c1-6-10(9,7(2)3)8(4)5/h6H2,1-5H3. The second-order valence-corrected chi connectivity index (χ2v) is 6.24. The SMILES string of the molecule is CCP(=O)(N(C)C)N(C)C. The first-order valence-corrected chi connectivity index (χ1v) is 5.19. The highest BCUT2D eigenvalue weighted by molar-refractivity contribution is 7.58. The van der Waals surface area contributed by atoms with Crippen LogP contribution in [-0.2, 0) is 4.57 Å². The van der Waals surface area contributed by atoms with Crippen molar-refractivity contribution in [3.63, 3.8) is 0 Å². The molecule has 0 saturated carbocycles. The summed E-state index contributed by atoms with van der Waals surface area (Å²) < 4.78 is 15.4. The second kappa shape index (κ2) is 3.51. The van der Waals surface area contributed by atoms with Crippen molar-refractivity contribution in [3.05, 3.63) is 0 Å². The molecule has 0 aromatic carbocycles. The summed E-state index contributed by atoms with van der Waals surface area (Å²) in [5.74, 6) is 0. The highest BCUT2D eigenvalue weighted by Gasteiger charge is 2.24. The molecule has 3 nitrogen and oxygen atoms in total. The van der Waals surface area contributed by atoms with Gasteiger partial charge in [-0.15, -0.1) is 0 Å². The van der Waals surface area contributed by atoms with E-state index in [4.69, 9.17) is 0 Å². The summed E-state index contributed by atoms with van der Waals surface area (Å²) in [5, 5.41) is 0. The molecule has 10 heavy (non-hydrogen) atoms. The first-order chi connectivity index (χ1) is 4.45. The van der Waals surface area contributed by atoms with E-state index in [1.807, 2.05) is 35.1 Å². The summed E-state index contributed by atoms with van der Waals surface area (Å²) in [6.07, 6.45) is 0.701. The van der Waals surface area contributed by atoms with Crippen molar-refractivity contribution >= 4 is 7.44 Å². The van der Waals surface area contributed by atoms with E-state index in [9.17, 15) is 4.57 Å². The van der Waals surface area contributed by atoms with E-state index in [2.05, 4.69) is 0 Å². The van der Waals surface area contributed by atoms with Crippen LogP contribution in [0.1, 0.15) is 6.92 Å². The zero-order valence-corrected chi connectivity index (χ0v) is 8.35. The molecule has 0 spiro atoms. The van der Waals surface area contributed by atoms with Crippen molar-refractivity contribution in [2.24, 2.45) is 0 Å². The van der Waals surface area contributed by atoms with Crippen molar-refractivity contribution in [1.82, 2.24) is 9.34 Å². The lowest BCUT2D eigenvalue weighted by molar-refractivity contribution is 0.449. The Morgan fingerprint density at radius 1 is 1.10 bits per heavy atom. The molecule has 0 atom stereocenters. The van der Waals surface area contributed by atoms with Gasteiger partial charge in [0.1, 0.15) is 0 Å². The smallest absolute Gasteiger partial charge is 0.215 e. The maximum Gasteiger partial charge on any atom is 0.215 e. The van der Waals surface area contributed by atoms with E-state index in [0.29, 0.717) is 6.16 Å². The lowest BCUT2D eigenvalue weighted by Gasteiger charge is -2.29. The molecule has 0 aliphatic rings. The fourth-order valence-electron chi connectivity index (χ4n) is 0.923. The first kappa shape index (κ1) is 10.2. The number of hydrogen-bond acceptors (Lipinski definition) is 1. The van der Waals surface area contributed by atoms with Crippen molar-refractivity contribution < 1.29 is 4.57 Å². The molecule has 0 N–H and O–H groups in total. The molecule has 0 aliphatic heterocycles. The van der Waals surface area contributed by atoms with E-state index in [0.717, 1.165) is 0 Å². The fourth-order valence-corrected chi connectivity index (χ4v) is 2.77. The largest absolute Gasteiger partial charge is 0.289 e. The zero-order chi connectivity index (χ0) is 8.36. The Bertz CT molecular complexity index is 133. The average Bonchev–Trinajstić information content (AvgIpc) is 1.85. The van der Waals surface area contributed by atoms with Gasteiger partial charge in [-0.2, -0.15) is 0 Å². The monoisotopic (exact) mass is 164 g/mol. The van der Waals surface area contributed by atoms with Crippen LogP contribution in [0.15, 0.2) is 0 Å². The van der Waals surface area contributed by atoms with Gasteiger partial charge in [-0.05, 0) is 28.2 Å². The molecule has 0 fully saturated rings. The Balaban J connectivity index is 4.40. The number of hydrogen-bond donors (Lipinski definition) is 0. The van der Waals surface area contributed by atoms with Gasteiger partial charge in [-0.25, -0.2) is 9.34 Å². The molecule has 0 saturated heterocycles. The minimum Gasteiger partial charge on any atom is -0.289 e. The molecule has 0 aromatic heterocycles. The van der Waals surface area contributed by atoms with Crippen molar-refractivity contribution in [2.45, 2.75) is 6.92 Å². The third-order valence-corrected chi connectivity index (χ3v) is 4.99. The van der Waals surface area contributed by atoms with E-state index in [-0.39, 0.29) is 0 Å². The molecule has 0 aliphatic carbocycles. The van der Waals surface area contributed by atoms with Crippen LogP contribution in [0, 0.1) is 0 Å². The second-order valence-electron chi connectivity index (χ2n) is 2.68. The van der Waals surface area contributed by atoms with Crippen LogP contribution in [-0.4, -0.2) is 43.7 Å². The predicted octanol–water partition coefficient (Wildman–Crippen LogP) is 1.32. The maximum atomic E-state index is 11.8. The van der Waals surface area contributed by atoms with Crippen molar-refractivity contribution in [1.29, 1.82) is 0 Å². The lowest BCUT2D eigenvalue weighted by Crippen LogP contribution is -2.22. The Labute approximate surface area is 63.5 Å². The summed E-state index contributed by atoms with van der Waals surface area (Å²) in [5.41, 5.74) is 0. The number of nitrogens with zero attached hydrogens (tertiary/aromatic N) is 2. The van der Waals surface area contributed by atoms with Gasteiger partial charge in [0.15, 0.2) is 0 Å². The van der Waals surface area contributed by atoms with E-state index in [1.54, 1.807) is 9.34 Å². The molecule has 62 valence electrons. The summed E-state index contributed by atoms with van der Waals surface area (Å²) in [6, 6.07) is 0. The van der Waals surface area contributed by atoms with E-state index >= 15 is 0 Å². The highest BCUT2D eigenvalue weighted by atomic mass is 31.2. The van der Waals surface area contributed by atoms with E-state index in [1.165, 1.54) is 0 Å². The fraction of sp³-hybridized carbons (Fsp3) is 1.00. The minimum atomic E-state index is -2.18. The molecule has 0 heterocycles. The first-order valence-electron chi connectivity index (χ1n) is 3.39. The van der Waals surface area contributed by atoms with Crippen LogP contribution < -0.4 is 0 Å². The number of rotatable bonds is 3. The molecule has 0 amide bonds. The van der Waals surface area contributed by atoms with Crippen LogP contribution in [0.3, 0.4) is 0 Å². The lowest BCUT2D eigenvalue weighted by atomic mass is 11.0. The molecular weight excluding hydrogens is 147 g/mol. The van der Waals surface area contributed by atoms with Gasteiger partial charge >= 0.3 is 0 Å². The summed E-state index contributed by atoms with van der Waals surface area (Å²) in [6.45, 7) is 1.95. The average molecular weight is 164 g/mol. The van der Waals surface area contributed by atoms with Crippen LogP contribution in [0.25, 0.3) is 0 Å². The van der Waals surface area contributed by atoms with Crippen molar-refractivity contribution in [2.75, 3.05) is 34.4 Å². The minimum absolute atomic E-state index is 0.701. The van der Waals surface area contributed by atoms with Crippen molar-refractivity contribution in [3.8, 4) is 0 Å². The predicted molar refractivity (Wildman–Crippen MR) is 45.5 cm³/mol. The summed E-state index contributed by atoms with van der Waals surface area (Å²) >= 11 is 0. The molecule has 0 rings (SSSR count). The van der Waals surface area contributed by atoms with Gasteiger partial charge in [-0.1, -0.05) is 6.92 Å². The van der Waals surface area contributed by atoms with Crippen LogP contribution in [0.4, 0.5) is 0 Å². The Hall–Kier alpha value is 0.150. The third kappa shape index (κ3) is 1.82. The Kier molecular flexibility index (Phi) is 3.57. The van der Waals surface area contributed by atoms with E-state index < -0.39 is 7.44 Å². The van der Waals surface area contributed by atoms with Gasteiger partial charge in [0, 0.05) is 6.16 Å². The zero-order valence-electron chi connectivity index (χ0n) is 7.46. The Morgan fingerprint density at radius 2 is 1.40 bits per heavy atom. The molecular formula is C6H17N2OP. The molecule has 0 aromatic rings. The molecule has 0 bridgehead atoms. The van der Waals surface area contributed by atoms with Crippen LogP contribution >= 0.6 is 7.44 Å². The normalized spacial score (nSPS) is 13.1. The molecule has 4 heteroatoms. The van der Waals surface area contributed by atoms with Gasteiger partial charge in [-0.3, -0.25) is 4.57 Å². The van der Waals surface area contributed by atoms with Gasteiger partial charge in [0.25, 0.3) is 0 Å². The summed E-state index contributed by atoms with van der Waals surface area (Å²) in [7, 11) is 5.23. The highest BCUT2D eigenvalue weighted by Crippen LogP contribution is 2.48. The summed E-state index contributed by atoms with van der Waals surface area (Å²) in [4.78, 5) is 0. The molecule has 0 unspecified atom stereocenters. The quantitative estimate of drug-likeness (QED) is 0.588.